The van der Waals surface area contributed by atoms with Crippen LogP contribution >= 0.6 is 15.9 Å². The van der Waals surface area contributed by atoms with E-state index in [1.165, 1.54) is 5.01 Å². The Morgan fingerprint density at radius 2 is 2.13 bits per heavy atom. The first-order chi connectivity index (χ1) is 7.18. The van der Waals surface area contributed by atoms with E-state index in [0.717, 1.165) is 5.69 Å². The molecule has 1 aliphatic rings. The molecule has 15 heavy (non-hydrogen) atoms. The molecule has 0 saturated carbocycles. The van der Waals surface area contributed by atoms with Crippen molar-refractivity contribution in [3.8, 4) is 0 Å². The van der Waals surface area contributed by atoms with E-state index >= 15 is 0 Å². The van der Waals surface area contributed by atoms with Crippen LogP contribution in [0.1, 0.15) is 6.42 Å². The fourth-order valence-electron chi connectivity index (χ4n) is 1.48. The summed E-state index contributed by atoms with van der Waals surface area (Å²) in [4.78, 5) is 11.0. The molecule has 0 saturated heterocycles. The van der Waals surface area contributed by atoms with Crippen LogP contribution in [0, 0.1) is 0 Å². The number of carbonyl (C=O) groups is 1. The largest absolute Gasteiger partial charge is 0.480 e. The van der Waals surface area contributed by atoms with Crippen molar-refractivity contribution < 1.29 is 9.90 Å². The van der Waals surface area contributed by atoms with Crippen LogP contribution in [0.4, 0.5) is 5.69 Å². The lowest BCUT2D eigenvalue weighted by molar-refractivity contribution is -0.138. The summed E-state index contributed by atoms with van der Waals surface area (Å²) >= 11 is 3.23. The Bertz CT molecular complexity index is 405. The van der Waals surface area contributed by atoms with Crippen molar-refractivity contribution in [3.05, 3.63) is 30.3 Å². The highest BCUT2D eigenvalue weighted by Gasteiger charge is 2.32. The Kier molecular flexibility index (Phi) is 2.73. The summed E-state index contributed by atoms with van der Waals surface area (Å²) in [7, 11) is 0. The number of para-hydroxylation sites is 1. The molecule has 1 aliphatic heterocycles. The molecule has 1 unspecified atom stereocenters. The van der Waals surface area contributed by atoms with Gasteiger partial charge in [-0.15, -0.1) is 0 Å². The predicted molar refractivity (Wildman–Crippen MR) is 61.3 cm³/mol. The topological polar surface area (TPSA) is 52.9 Å². The van der Waals surface area contributed by atoms with E-state index in [1.807, 2.05) is 30.3 Å². The average molecular weight is 269 g/mol. The molecule has 1 aromatic rings. The van der Waals surface area contributed by atoms with Crippen LogP contribution in [-0.2, 0) is 4.79 Å². The van der Waals surface area contributed by atoms with Crippen LogP contribution in [0.5, 0.6) is 0 Å². The van der Waals surface area contributed by atoms with Gasteiger partial charge in [0.2, 0.25) is 0 Å². The Morgan fingerprint density at radius 3 is 2.73 bits per heavy atom. The standard InChI is InChI=1S/C10H9BrN2O2/c11-9-6-8(10(14)15)13(12-9)7-4-2-1-3-5-7/h1-5,8H,6H2,(H,14,15). The molecule has 2 rings (SSSR count). The molecule has 1 atom stereocenters. The summed E-state index contributed by atoms with van der Waals surface area (Å²) in [5, 5.41) is 14.7. The van der Waals surface area contributed by atoms with E-state index in [0.29, 0.717) is 11.0 Å². The SMILES string of the molecule is O=C(O)C1CC(Br)=NN1c1ccccc1. The van der Waals surface area contributed by atoms with E-state index in [2.05, 4.69) is 21.0 Å². The monoisotopic (exact) mass is 268 g/mol. The first-order valence-corrected chi connectivity index (χ1v) is 5.28. The number of anilines is 1. The molecule has 78 valence electrons. The molecule has 0 aliphatic carbocycles. The number of rotatable bonds is 2. The highest BCUT2D eigenvalue weighted by molar-refractivity contribution is 9.18. The van der Waals surface area contributed by atoms with Crippen molar-refractivity contribution in [3.63, 3.8) is 0 Å². The molecule has 0 amide bonds. The Morgan fingerprint density at radius 1 is 1.47 bits per heavy atom. The van der Waals surface area contributed by atoms with Crippen molar-refractivity contribution >= 4 is 32.2 Å². The van der Waals surface area contributed by atoms with Crippen molar-refractivity contribution in [2.45, 2.75) is 12.5 Å². The molecule has 5 heteroatoms. The van der Waals surface area contributed by atoms with Gasteiger partial charge in [0.25, 0.3) is 0 Å². The van der Waals surface area contributed by atoms with Crippen molar-refractivity contribution in [2.24, 2.45) is 5.10 Å². The van der Waals surface area contributed by atoms with Gasteiger partial charge < -0.3 is 5.11 Å². The van der Waals surface area contributed by atoms with Gasteiger partial charge in [-0.2, -0.15) is 5.10 Å². The minimum atomic E-state index is -0.864. The van der Waals surface area contributed by atoms with Crippen molar-refractivity contribution in [1.82, 2.24) is 0 Å². The van der Waals surface area contributed by atoms with E-state index in [9.17, 15) is 4.79 Å². The average Bonchev–Trinajstić information content (AvgIpc) is 2.62. The number of aliphatic carboxylic acids is 1. The Labute approximate surface area is 95.3 Å². The second-order valence-electron chi connectivity index (χ2n) is 3.21. The van der Waals surface area contributed by atoms with Crippen LogP contribution in [0.3, 0.4) is 0 Å². The zero-order chi connectivity index (χ0) is 10.8. The quantitative estimate of drug-likeness (QED) is 0.894. The number of carboxylic acid groups (broad SMARTS) is 1. The van der Waals surface area contributed by atoms with Gasteiger partial charge >= 0.3 is 5.97 Å². The fourth-order valence-corrected chi connectivity index (χ4v) is 1.96. The molecular weight excluding hydrogens is 260 g/mol. The molecule has 0 bridgehead atoms. The summed E-state index contributed by atoms with van der Waals surface area (Å²) in [6, 6.07) is 8.66. The van der Waals surface area contributed by atoms with Gasteiger partial charge in [-0.25, -0.2) is 4.79 Å². The number of carboxylic acids is 1. The van der Waals surface area contributed by atoms with Gasteiger partial charge in [-0.05, 0) is 28.1 Å². The molecule has 4 nitrogen and oxygen atoms in total. The van der Waals surface area contributed by atoms with Crippen LogP contribution < -0.4 is 5.01 Å². The van der Waals surface area contributed by atoms with Crippen LogP contribution in [0.2, 0.25) is 0 Å². The molecule has 0 fully saturated rings. The number of hydrogen-bond acceptors (Lipinski definition) is 3. The molecule has 1 N–H and O–H groups in total. The summed E-state index contributed by atoms with van der Waals surface area (Å²) in [6.45, 7) is 0. The molecular formula is C10H9BrN2O2. The van der Waals surface area contributed by atoms with Crippen LogP contribution in [-0.4, -0.2) is 21.7 Å². The Hall–Kier alpha value is -1.36. The second-order valence-corrected chi connectivity index (χ2v) is 4.13. The molecule has 0 spiro atoms. The predicted octanol–water partition coefficient (Wildman–Crippen LogP) is 2.06. The van der Waals surface area contributed by atoms with E-state index in [-0.39, 0.29) is 0 Å². The van der Waals surface area contributed by atoms with Gasteiger partial charge in [0.1, 0.15) is 4.62 Å². The first kappa shape index (κ1) is 10.2. The third-order valence-corrected chi connectivity index (χ3v) is 2.66. The number of halogens is 1. The number of nitrogens with zero attached hydrogens (tertiary/aromatic N) is 2. The number of hydrogen-bond donors (Lipinski definition) is 1. The van der Waals surface area contributed by atoms with Crippen LogP contribution in [0.15, 0.2) is 35.4 Å². The maximum absolute atomic E-state index is 11.0. The smallest absolute Gasteiger partial charge is 0.328 e. The maximum atomic E-state index is 11.0. The first-order valence-electron chi connectivity index (χ1n) is 4.48. The fraction of sp³-hybridized carbons (Fsp3) is 0.200. The van der Waals surface area contributed by atoms with E-state index in [1.54, 1.807) is 0 Å². The second kappa shape index (κ2) is 4.02. The zero-order valence-corrected chi connectivity index (χ0v) is 9.39. The molecule has 0 aromatic heterocycles. The summed E-state index contributed by atoms with van der Waals surface area (Å²) in [6.07, 6.45) is 0.407. The molecule has 1 heterocycles. The van der Waals surface area contributed by atoms with Gasteiger partial charge in [0.15, 0.2) is 6.04 Å². The van der Waals surface area contributed by atoms with Crippen molar-refractivity contribution in [2.75, 3.05) is 5.01 Å². The summed E-state index contributed by atoms with van der Waals surface area (Å²) in [5.74, 6) is -0.864. The van der Waals surface area contributed by atoms with Crippen molar-refractivity contribution in [1.29, 1.82) is 0 Å². The Balaban J connectivity index is 2.31. The van der Waals surface area contributed by atoms with Gasteiger partial charge in [-0.3, -0.25) is 5.01 Å². The van der Waals surface area contributed by atoms with Gasteiger partial charge in [0, 0.05) is 6.42 Å². The van der Waals surface area contributed by atoms with Crippen LogP contribution in [0.25, 0.3) is 0 Å². The van der Waals surface area contributed by atoms with E-state index in [4.69, 9.17) is 5.11 Å². The number of benzene rings is 1. The highest BCUT2D eigenvalue weighted by Crippen LogP contribution is 2.25. The zero-order valence-electron chi connectivity index (χ0n) is 7.80. The lowest BCUT2D eigenvalue weighted by Gasteiger charge is -2.19. The minimum absolute atomic E-state index is 0.407. The summed E-state index contributed by atoms with van der Waals surface area (Å²) in [5.41, 5.74) is 0.791. The lowest BCUT2D eigenvalue weighted by atomic mass is 10.2. The third-order valence-electron chi connectivity index (χ3n) is 2.18. The maximum Gasteiger partial charge on any atom is 0.328 e. The highest BCUT2D eigenvalue weighted by atomic mass is 79.9. The van der Waals surface area contributed by atoms with Gasteiger partial charge in [0.05, 0.1) is 5.69 Å². The lowest BCUT2D eigenvalue weighted by Crippen LogP contribution is -2.34. The van der Waals surface area contributed by atoms with E-state index < -0.39 is 12.0 Å². The minimum Gasteiger partial charge on any atom is -0.480 e. The third kappa shape index (κ3) is 2.02. The molecule has 0 radical (unpaired) electrons. The molecule has 1 aromatic carbocycles. The van der Waals surface area contributed by atoms with Gasteiger partial charge in [-0.1, -0.05) is 18.2 Å². The normalized spacial score (nSPS) is 20.2. The summed E-state index contributed by atoms with van der Waals surface area (Å²) < 4.78 is 0.666. The number of hydrazone groups is 1.